The molecule has 0 aliphatic rings. The Morgan fingerprint density at radius 1 is 1.16 bits per heavy atom. The van der Waals surface area contributed by atoms with E-state index < -0.39 is 5.63 Å². The maximum atomic E-state index is 12.6. The number of hydrogen-bond acceptors (Lipinski definition) is 5. The number of fused-ring (bicyclic) bond motifs is 1. The molecule has 0 saturated heterocycles. The minimum absolute atomic E-state index is 0.0675. The average molecular weight is 437 g/mol. The summed E-state index contributed by atoms with van der Waals surface area (Å²) >= 11 is 0. The van der Waals surface area contributed by atoms with Crippen LogP contribution in [0.4, 0.5) is 5.69 Å². The first-order valence-corrected chi connectivity index (χ1v) is 10.6. The van der Waals surface area contributed by atoms with E-state index in [1.165, 1.54) is 4.90 Å². The lowest BCUT2D eigenvalue weighted by atomic mass is 10.0. The number of nitrogens with zero attached hydrogens (tertiary/aromatic N) is 1. The summed E-state index contributed by atoms with van der Waals surface area (Å²) in [6, 6.07) is 12.9. The fourth-order valence-corrected chi connectivity index (χ4v) is 3.66. The van der Waals surface area contributed by atoms with Gasteiger partial charge in [0.05, 0.1) is 13.7 Å². The third-order valence-corrected chi connectivity index (χ3v) is 5.56. The molecule has 168 valence electrons. The van der Waals surface area contributed by atoms with Crippen LogP contribution in [0.1, 0.15) is 30.0 Å². The minimum Gasteiger partial charge on any atom is -0.497 e. The second kappa shape index (κ2) is 10.1. The summed E-state index contributed by atoms with van der Waals surface area (Å²) in [6.07, 6.45) is 1.13. The fourth-order valence-electron chi connectivity index (χ4n) is 3.66. The maximum absolute atomic E-state index is 12.6. The molecule has 0 atom stereocenters. The van der Waals surface area contributed by atoms with Crippen molar-refractivity contribution in [1.82, 2.24) is 4.90 Å². The van der Waals surface area contributed by atoms with Gasteiger partial charge < -0.3 is 19.4 Å². The maximum Gasteiger partial charge on any atom is 0.339 e. The molecule has 1 N–H and O–H groups in total. The van der Waals surface area contributed by atoms with Crippen LogP contribution in [-0.2, 0) is 22.4 Å². The van der Waals surface area contributed by atoms with Crippen molar-refractivity contribution in [2.75, 3.05) is 26.0 Å². The van der Waals surface area contributed by atoms with Crippen molar-refractivity contribution in [3.05, 3.63) is 69.6 Å². The molecule has 0 bridgehead atoms. The van der Waals surface area contributed by atoms with Crippen molar-refractivity contribution in [2.24, 2.45) is 0 Å². The van der Waals surface area contributed by atoms with E-state index in [0.717, 1.165) is 28.6 Å². The summed E-state index contributed by atoms with van der Waals surface area (Å²) in [7, 11) is 3.13. The van der Waals surface area contributed by atoms with Gasteiger partial charge in [-0.05, 0) is 49.1 Å². The van der Waals surface area contributed by atoms with E-state index >= 15 is 0 Å². The van der Waals surface area contributed by atoms with E-state index in [1.807, 2.05) is 44.2 Å². The standard InChI is InChI=1S/C25H28N2O5/c1-5-17-8-6-7-9-21(17)26-23(28)15-27(3)24(29)13-12-20-16(2)19-11-10-18(31-4)14-22(19)32-25(20)30/h6-11,14H,5,12-13,15H2,1-4H3,(H,26,28). The summed E-state index contributed by atoms with van der Waals surface area (Å²) in [5.41, 5.74) is 3.01. The molecule has 0 aliphatic carbocycles. The molecule has 3 aromatic rings. The first-order chi connectivity index (χ1) is 15.3. The van der Waals surface area contributed by atoms with Crippen LogP contribution in [0.5, 0.6) is 5.75 Å². The zero-order valence-corrected chi connectivity index (χ0v) is 18.9. The van der Waals surface area contributed by atoms with Crippen LogP contribution < -0.4 is 15.7 Å². The summed E-state index contributed by atoms with van der Waals surface area (Å²) in [4.78, 5) is 38.8. The second-order valence-electron chi connectivity index (χ2n) is 7.66. The molecule has 32 heavy (non-hydrogen) atoms. The number of nitrogens with one attached hydrogen (secondary N) is 1. The van der Waals surface area contributed by atoms with Crippen molar-refractivity contribution in [2.45, 2.75) is 33.1 Å². The van der Waals surface area contributed by atoms with E-state index in [9.17, 15) is 14.4 Å². The van der Waals surface area contributed by atoms with Gasteiger partial charge in [-0.15, -0.1) is 0 Å². The zero-order valence-electron chi connectivity index (χ0n) is 18.9. The number of ether oxygens (including phenoxy) is 1. The summed E-state index contributed by atoms with van der Waals surface area (Å²) in [5, 5.41) is 3.66. The number of amides is 2. The number of benzene rings is 2. The molecule has 0 unspecified atom stereocenters. The lowest BCUT2D eigenvalue weighted by molar-refractivity contribution is -0.133. The molecule has 7 heteroatoms. The first-order valence-electron chi connectivity index (χ1n) is 10.6. The molecular weight excluding hydrogens is 408 g/mol. The number of para-hydroxylation sites is 1. The third-order valence-electron chi connectivity index (χ3n) is 5.56. The first kappa shape index (κ1) is 23.1. The van der Waals surface area contributed by atoms with Crippen molar-refractivity contribution in [3.8, 4) is 5.75 Å². The number of carbonyl (C=O) groups excluding carboxylic acids is 2. The monoisotopic (exact) mass is 436 g/mol. The number of anilines is 1. The normalized spacial score (nSPS) is 10.8. The number of methoxy groups -OCH3 is 1. The Bertz CT molecular complexity index is 1200. The van der Waals surface area contributed by atoms with Gasteiger partial charge in [-0.3, -0.25) is 9.59 Å². The van der Waals surface area contributed by atoms with Gasteiger partial charge in [0, 0.05) is 36.2 Å². The third kappa shape index (κ3) is 5.17. The molecule has 0 radical (unpaired) electrons. The van der Waals surface area contributed by atoms with Gasteiger partial charge in [0.1, 0.15) is 11.3 Å². The number of likely N-dealkylation sites (N-methyl/N-ethyl adjacent to an activating group) is 1. The van der Waals surface area contributed by atoms with E-state index in [2.05, 4.69) is 5.32 Å². The van der Waals surface area contributed by atoms with Gasteiger partial charge in [0.25, 0.3) is 0 Å². The van der Waals surface area contributed by atoms with Crippen LogP contribution >= 0.6 is 0 Å². The Labute approximate surface area is 187 Å². The molecule has 0 spiro atoms. The summed E-state index contributed by atoms with van der Waals surface area (Å²) < 4.78 is 10.6. The van der Waals surface area contributed by atoms with Gasteiger partial charge in [-0.1, -0.05) is 25.1 Å². The van der Waals surface area contributed by atoms with Crippen molar-refractivity contribution in [3.63, 3.8) is 0 Å². The lowest BCUT2D eigenvalue weighted by Gasteiger charge is -2.18. The smallest absolute Gasteiger partial charge is 0.339 e. The quantitative estimate of drug-likeness (QED) is 0.544. The molecule has 2 aromatic carbocycles. The number of aryl methyl sites for hydroxylation is 2. The van der Waals surface area contributed by atoms with Gasteiger partial charge in [0.2, 0.25) is 11.8 Å². The highest BCUT2D eigenvalue weighted by Crippen LogP contribution is 2.24. The zero-order chi connectivity index (χ0) is 23.3. The number of rotatable bonds is 8. The Hall–Kier alpha value is -3.61. The molecule has 3 rings (SSSR count). The predicted molar refractivity (Wildman–Crippen MR) is 124 cm³/mol. The molecule has 2 amide bonds. The molecular formula is C25H28N2O5. The number of hydrogen-bond donors (Lipinski definition) is 1. The van der Waals surface area contributed by atoms with Gasteiger partial charge in [0.15, 0.2) is 0 Å². The van der Waals surface area contributed by atoms with Crippen molar-refractivity contribution >= 4 is 28.5 Å². The van der Waals surface area contributed by atoms with Crippen LogP contribution in [0, 0.1) is 6.92 Å². The van der Waals surface area contributed by atoms with Crippen LogP contribution in [0.25, 0.3) is 11.0 Å². The average Bonchev–Trinajstić information content (AvgIpc) is 2.78. The fraction of sp³-hybridized carbons (Fsp3) is 0.320. The van der Waals surface area contributed by atoms with Crippen LogP contribution in [0.15, 0.2) is 51.7 Å². The molecule has 0 saturated carbocycles. The summed E-state index contributed by atoms with van der Waals surface area (Å²) in [5.74, 6) is 0.110. The Morgan fingerprint density at radius 2 is 1.91 bits per heavy atom. The van der Waals surface area contributed by atoms with Gasteiger partial charge in [-0.25, -0.2) is 4.79 Å². The Morgan fingerprint density at radius 3 is 2.62 bits per heavy atom. The van der Waals surface area contributed by atoms with E-state index in [0.29, 0.717) is 16.9 Å². The number of carbonyl (C=O) groups is 2. The van der Waals surface area contributed by atoms with Gasteiger partial charge >= 0.3 is 5.63 Å². The summed E-state index contributed by atoms with van der Waals surface area (Å²) in [6.45, 7) is 3.79. The topological polar surface area (TPSA) is 88.8 Å². The molecule has 1 aromatic heterocycles. The molecule has 7 nitrogen and oxygen atoms in total. The second-order valence-corrected chi connectivity index (χ2v) is 7.66. The SMILES string of the molecule is CCc1ccccc1NC(=O)CN(C)C(=O)CCc1c(C)c2ccc(OC)cc2oc1=O. The lowest BCUT2D eigenvalue weighted by Crippen LogP contribution is -2.35. The Balaban J connectivity index is 1.64. The van der Waals surface area contributed by atoms with Crippen LogP contribution in [0.2, 0.25) is 0 Å². The van der Waals surface area contributed by atoms with Crippen molar-refractivity contribution < 1.29 is 18.7 Å². The van der Waals surface area contributed by atoms with Crippen molar-refractivity contribution in [1.29, 1.82) is 0 Å². The molecule has 0 fully saturated rings. The highest BCUT2D eigenvalue weighted by Gasteiger charge is 2.17. The minimum atomic E-state index is -0.465. The van der Waals surface area contributed by atoms with E-state index in [4.69, 9.17) is 9.15 Å². The van der Waals surface area contributed by atoms with E-state index in [1.54, 1.807) is 26.3 Å². The highest BCUT2D eigenvalue weighted by atomic mass is 16.5. The largest absolute Gasteiger partial charge is 0.497 e. The Kier molecular flexibility index (Phi) is 7.30. The molecule has 1 heterocycles. The van der Waals surface area contributed by atoms with E-state index in [-0.39, 0.29) is 31.2 Å². The molecule has 0 aliphatic heterocycles. The van der Waals surface area contributed by atoms with Crippen LogP contribution in [0.3, 0.4) is 0 Å². The van der Waals surface area contributed by atoms with Gasteiger partial charge in [-0.2, -0.15) is 0 Å². The highest BCUT2D eigenvalue weighted by molar-refractivity contribution is 5.95. The van der Waals surface area contributed by atoms with Crippen LogP contribution in [-0.4, -0.2) is 37.4 Å². The predicted octanol–water partition coefficient (Wildman–Crippen LogP) is 3.70.